The molecule has 2 N–H and O–H groups in total. The molecule has 1 aliphatic heterocycles. The molecular formula is C12H13NO4. The van der Waals surface area contributed by atoms with Gasteiger partial charge in [0.1, 0.15) is 0 Å². The molecule has 0 bridgehead atoms. The SMILES string of the molecule is Cc1cc(C(=O)OC2CCOC2=O)ccc1N. The third-order valence-electron chi connectivity index (χ3n) is 2.64. The average molecular weight is 235 g/mol. The van der Waals surface area contributed by atoms with Crippen LogP contribution in [0.25, 0.3) is 0 Å². The molecule has 0 saturated carbocycles. The van der Waals surface area contributed by atoms with Gasteiger partial charge in [-0.15, -0.1) is 0 Å². The van der Waals surface area contributed by atoms with E-state index in [1.165, 1.54) is 0 Å². The Balaban J connectivity index is 2.09. The van der Waals surface area contributed by atoms with Crippen LogP contribution in [0.4, 0.5) is 5.69 Å². The molecule has 0 aromatic heterocycles. The smallest absolute Gasteiger partial charge is 0.347 e. The van der Waals surface area contributed by atoms with Crippen LogP contribution < -0.4 is 5.73 Å². The zero-order valence-electron chi connectivity index (χ0n) is 9.43. The number of hydrogen-bond donors (Lipinski definition) is 1. The second-order valence-corrected chi connectivity index (χ2v) is 3.92. The Bertz CT molecular complexity index is 470. The number of aryl methyl sites for hydroxylation is 1. The number of hydrogen-bond acceptors (Lipinski definition) is 5. The van der Waals surface area contributed by atoms with Gasteiger partial charge in [-0.2, -0.15) is 0 Å². The highest BCUT2D eigenvalue weighted by Gasteiger charge is 2.30. The van der Waals surface area contributed by atoms with E-state index in [4.69, 9.17) is 15.2 Å². The number of anilines is 1. The van der Waals surface area contributed by atoms with Gasteiger partial charge >= 0.3 is 11.9 Å². The molecule has 0 amide bonds. The van der Waals surface area contributed by atoms with Crippen LogP contribution in [0, 0.1) is 6.92 Å². The summed E-state index contributed by atoms with van der Waals surface area (Å²) >= 11 is 0. The largest absolute Gasteiger partial charge is 0.463 e. The first-order valence-corrected chi connectivity index (χ1v) is 5.31. The van der Waals surface area contributed by atoms with Crippen LogP contribution in [0.5, 0.6) is 0 Å². The number of ether oxygens (including phenoxy) is 2. The molecule has 5 nitrogen and oxygen atoms in total. The lowest BCUT2D eigenvalue weighted by Gasteiger charge is -2.09. The number of benzene rings is 1. The van der Waals surface area contributed by atoms with Crippen LogP contribution in [0.15, 0.2) is 18.2 Å². The van der Waals surface area contributed by atoms with Gasteiger partial charge < -0.3 is 15.2 Å². The molecule has 1 aromatic rings. The summed E-state index contributed by atoms with van der Waals surface area (Å²) in [5, 5.41) is 0. The fourth-order valence-electron chi connectivity index (χ4n) is 1.58. The topological polar surface area (TPSA) is 78.6 Å². The minimum absolute atomic E-state index is 0.303. The van der Waals surface area contributed by atoms with Crippen LogP contribution in [-0.2, 0) is 14.3 Å². The summed E-state index contributed by atoms with van der Waals surface area (Å²) in [5.41, 5.74) is 7.45. The molecule has 2 rings (SSSR count). The number of rotatable bonds is 2. The van der Waals surface area contributed by atoms with Crippen LogP contribution in [0.3, 0.4) is 0 Å². The fourth-order valence-corrected chi connectivity index (χ4v) is 1.58. The van der Waals surface area contributed by atoms with Crippen LogP contribution in [-0.4, -0.2) is 24.6 Å². The summed E-state index contributed by atoms with van der Waals surface area (Å²) in [6.45, 7) is 2.10. The van der Waals surface area contributed by atoms with Crippen LogP contribution in [0.1, 0.15) is 22.3 Å². The van der Waals surface area contributed by atoms with Crippen molar-refractivity contribution in [2.45, 2.75) is 19.4 Å². The zero-order valence-corrected chi connectivity index (χ0v) is 9.43. The van der Waals surface area contributed by atoms with Crippen molar-refractivity contribution >= 4 is 17.6 Å². The van der Waals surface area contributed by atoms with Crippen LogP contribution >= 0.6 is 0 Å². The quantitative estimate of drug-likeness (QED) is 0.612. The number of cyclic esters (lactones) is 1. The second kappa shape index (κ2) is 4.45. The molecule has 1 fully saturated rings. The summed E-state index contributed by atoms with van der Waals surface area (Å²) < 4.78 is 9.76. The number of nitrogens with two attached hydrogens (primary N) is 1. The standard InChI is InChI=1S/C12H13NO4/c1-7-6-8(2-3-9(7)13)11(14)17-10-4-5-16-12(10)15/h2-3,6,10H,4-5,13H2,1H3. The third-order valence-corrected chi connectivity index (χ3v) is 2.64. The van der Waals surface area contributed by atoms with Gasteiger partial charge in [0, 0.05) is 12.1 Å². The van der Waals surface area contributed by atoms with E-state index in [9.17, 15) is 9.59 Å². The Hall–Kier alpha value is -2.04. The lowest BCUT2D eigenvalue weighted by molar-refractivity contribution is -0.145. The Morgan fingerprint density at radius 1 is 1.53 bits per heavy atom. The normalized spacial score (nSPS) is 18.9. The summed E-state index contributed by atoms with van der Waals surface area (Å²) in [6.07, 6.45) is -0.362. The van der Waals surface area contributed by atoms with E-state index < -0.39 is 18.0 Å². The maximum atomic E-state index is 11.7. The van der Waals surface area contributed by atoms with Gasteiger partial charge in [-0.1, -0.05) is 0 Å². The van der Waals surface area contributed by atoms with Gasteiger partial charge in [-0.25, -0.2) is 9.59 Å². The highest BCUT2D eigenvalue weighted by atomic mass is 16.6. The maximum Gasteiger partial charge on any atom is 0.347 e. The number of nitrogen functional groups attached to an aromatic ring is 1. The lowest BCUT2D eigenvalue weighted by Crippen LogP contribution is -2.22. The second-order valence-electron chi connectivity index (χ2n) is 3.92. The number of carbonyl (C=O) groups is 2. The molecule has 90 valence electrons. The van der Waals surface area contributed by atoms with Gasteiger partial charge in [0.05, 0.1) is 12.2 Å². The van der Waals surface area contributed by atoms with E-state index in [0.29, 0.717) is 24.3 Å². The van der Waals surface area contributed by atoms with E-state index in [-0.39, 0.29) is 0 Å². The molecule has 1 unspecified atom stereocenters. The molecule has 5 heteroatoms. The van der Waals surface area contributed by atoms with Gasteiger partial charge in [0.25, 0.3) is 0 Å². The highest BCUT2D eigenvalue weighted by Crippen LogP contribution is 2.16. The zero-order chi connectivity index (χ0) is 12.4. The number of esters is 2. The van der Waals surface area contributed by atoms with E-state index >= 15 is 0 Å². The molecular weight excluding hydrogens is 222 g/mol. The van der Waals surface area contributed by atoms with E-state index in [0.717, 1.165) is 5.56 Å². The summed E-state index contributed by atoms with van der Waals surface area (Å²) in [5.74, 6) is -1.01. The molecule has 1 heterocycles. The molecule has 0 spiro atoms. The third kappa shape index (κ3) is 2.38. The van der Waals surface area contributed by atoms with Crippen molar-refractivity contribution in [1.29, 1.82) is 0 Å². The van der Waals surface area contributed by atoms with E-state index in [1.807, 2.05) is 0 Å². The lowest BCUT2D eigenvalue weighted by atomic mass is 10.1. The fraction of sp³-hybridized carbons (Fsp3) is 0.333. The molecule has 17 heavy (non-hydrogen) atoms. The van der Waals surface area contributed by atoms with Gasteiger partial charge in [0.2, 0.25) is 6.10 Å². The van der Waals surface area contributed by atoms with Gasteiger partial charge in [-0.3, -0.25) is 0 Å². The molecule has 1 atom stereocenters. The van der Waals surface area contributed by atoms with Crippen molar-refractivity contribution < 1.29 is 19.1 Å². The molecule has 1 aromatic carbocycles. The molecule has 0 radical (unpaired) electrons. The first-order chi connectivity index (χ1) is 8.08. The summed E-state index contributed by atoms with van der Waals surface area (Å²) in [7, 11) is 0. The first-order valence-electron chi connectivity index (χ1n) is 5.31. The first kappa shape index (κ1) is 11.4. The summed E-state index contributed by atoms with van der Waals surface area (Å²) in [4.78, 5) is 22.9. The maximum absolute atomic E-state index is 11.7. The highest BCUT2D eigenvalue weighted by molar-refractivity contribution is 5.92. The van der Waals surface area contributed by atoms with Crippen molar-refractivity contribution in [2.75, 3.05) is 12.3 Å². The predicted octanol–water partition coefficient (Wildman–Crippen LogP) is 1.05. The average Bonchev–Trinajstić information content (AvgIpc) is 2.68. The van der Waals surface area contributed by atoms with Gasteiger partial charge in [-0.05, 0) is 30.7 Å². The van der Waals surface area contributed by atoms with Crippen molar-refractivity contribution in [3.63, 3.8) is 0 Å². The van der Waals surface area contributed by atoms with Crippen molar-refractivity contribution in [3.8, 4) is 0 Å². The minimum atomic E-state index is -0.777. The summed E-state index contributed by atoms with van der Waals surface area (Å²) in [6, 6.07) is 4.85. The van der Waals surface area contributed by atoms with Crippen molar-refractivity contribution in [2.24, 2.45) is 0 Å². The molecule has 1 saturated heterocycles. The van der Waals surface area contributed by atoms with E-state index in [1.54, 1.807) is 25.1 Å². The molecule has 1 aliphatic rings. The van der Waals surface area contributed by atoms with Crippen molar-refractivity contribution in [1.82, 2.24) is 0 Å². The monoisotopic (exact) mass is 235 g/mol. The van der Waals surface area contributed by atoms with Gasteiger partial charge in [0.15, 0.2) is 0 Å². The Morgan fingerprint density at radius 2 is 2.29 bits per heavy atom. The Labute approximate surface area is 98.5 Å². The number of carbonyl (C=O) groups excluding carboxylic acids is 2. The predicted molar refractivity (Wildman–Crippen MR) is 60.4 cm³/mol. The Kier molecular flexibility index (Phi) is 2.99. The Morgan fingerprint density at radius 3 is 2.88 bits per heavy atom. The minimum Gasteiger partial charge on any atom is -0.463 e. The van der Waals surface area contributed by atoms with E-state index in [2.05, 4.69) is 0 Å². The van der Waals surface area contributed by atoms with Crippen molar-refractivity contribution in [3.05, 3.63) is 29.3 Å². The van der Waals surface area contributed by atoms with Crippen LogP contribution in [0.2, 0.25) is 0 Å². The molecule has 0 aliphatic carbocycles.